The van der Waals surface area contributed by atoms with Gasteiger partial charge in [0.25, 0.3) is 0 Å². The van der Waals surface area contributed by atoms with Gasteiger partial charge >= 0.3 is 0 Å². The second kappa shape index (κ2) is 4.55. The molecule has 4 N–H and O–H groups in total. The minimum atomic E-state index is -3.61. The van der Waals surface area contributed by atoms with Crippen LogP contribution in [-0.4, -0.2) is 34.9 Å². The van der Waals surface area contributed by atoms with E-state index in [4.69, 9.17) is 5.73 Å². The van der Waals surface area contributed by atoms with E-state index >= 15 is 0 Å². The quantitative estimate of drug-likeness (QED) is 0.645. The number of nitrogen functional groups attached to an aromatic ring is 1. The lowest BCUT2D eigenvalue weighted by Crippen LogP contribution is -2.27. The minimum absolute atomic E-state index is 0.0246. The number of hydrogen-bond donors (Lipinski definition) is 3. The van der Waals surface area contributed by atoms with Gasteiger partial charge in [0.2, 0.25) is 10.0 Å². The fourth-order valence-electron chi connectivity index (χ4n) is 1.30. The van der Waals surface area contributed by atoms with E-state index in [-0.39, 0.29) is 17.3 Å². The van der Waals surface area contributed by atoms with Crippen LogP contribution < -0.4 is 10.5 Å². The van der Waals surface area contributed by atoms with Crippen molar-refractivity contribution >= 4 is 15.8 Å². The lowest BCUT2D eigenvalue weighted by molar-refractivity contribution is 0.561. The molecule has 0 fully saturated rings. The van der Waals surface area contributed by atoms with Crippen molar-refractivity contribution in [2.45, 2.75) is 11.4 Å². The van der Waals surface area contributed by atoms with Gasteiger partial charge in [-0.1, -0.05) is 0 Å². The predicted octanol–water partition coefficient (Wildman–Crippen LogP) is -0.833. The molecule has 2 rings (SSSR count). The van der Waals surface area contributed by atoms with E-state index in [2.05, 4.69) is 20.0 Å². The number of aromatic nitrogens is 4. The van der Waals surface area contributed by atoms with Gasteiger partial charge in [-0.05, 0) is 6.07 Å². The Morgan fingerprint density at radius 1 is 1.53 bits per heavy atom. The van der Waals surface area contributed by atoms with Crippen LogP contribution in [0, 0.1) is 0 Å². The van der Waals surface area contributed by atoms with Crippen molar-refractivity contribution in [3.05, 3.63) is 24.7 Å². The van der Waals surface area contributed by atoms with Crippen molar-refractivity contribution in [2.24, 2.45) is 0 Å². The molecule has 0 radical (unpaired) electrons. The average molecular weight is 256 g/mol. The van der Waals surface area contributed by atoms with E-state index < -0.39 is 10.0 Å². The number of anilines is 1. The standard InChI is InChI=1S/C8H12N6O2S/c9-8-7(6-10-13-8)17(15,16)12-3-5-14-4-1-2-11-14/h1-2,4,6,12H,3,5H2,(H3,9,10,13). The zero-order chi connectivity index (χ0) is 12.3. The Morgan fingerprint density at radius 3 is 2.94 bits per heavy atom. The highest BCUT2D eigenvalue weighted by Crippen LogP contribution is 2.12. The second-order valence-corrected chi connectivity index (χ2v) is 5.05. The Kier molecular flexibility index (Phi) is 3.11. The van der Waals surface area contributed by atoms with Crippen LogP contribution in [0.15, 0.2) is 29.6 Å². The molecule has 2 aromatic rings. The van der Waals surface area contributed by atoms with Gasteiger partial charge in [0.15, 0.2) is 0 Å². The first-order chi connectivity index (χ1) is 8.09. The monoisotopic (exact) mass is 256 g/mol. The van der Waals surface area contributed by atoms with Crippen LogP contribution in [0.4, 0.5) is 5.82 Å². The first kappa shape index (κ1) is 11.6. The fraction of sp³-hybridized carbons (Fsp3) is 0.250. The molecule has 0 aliphatic rings. The molecule has 92 valence electrons. The Balaban J connectivity index is 1.97. The number of nitrogens with one attached hydrogen (secondary N) is 2. The molecular formula is C8H12N6O2S. The summed E-state index contributed by atoms with van der Waals surface area (Å²) in [4.78, 5) is -0.0436. The van der Waals surface area contributed by atoms with Gasteiger partial charge in [-0.2, -0.15) is 10.2 Å². The van der Waals surface area contributed by atoms with Crippen molar-refractivity contribution in [1.29, 1.82) is 0 Å². The summed E-state index contributed by atoms with van der Waals surface area (Å²) in [5.41, 5.74) is 5.44. The zero-order valence-corrected chi connectivity index (χ0v) is 9.68. The first-order valence-electron chi connectivity index (χ1n) is 4.85. The molecule has 0 saturated carbocycles. The van der Waals surface area contributed by atoms with Crippen molar-refractivity contribution in [3.8, 4) is 0 Å². The van der Waals surface area contributed by atoms with Gasteiger partial charge in [-0.15, -0.1) is 0 Å². The highest BCUT2D eigenvalue weighted by atomic mass is 32.2. The van der Waals surface area contributed by atoms with Gasteiger partial charge in [-0.25, -0.2) is 13.1 Å². The summed E-state index contributed by atoms with van der Waals surface area (Å²) in [5.74, 6) is 0.0246. The van der Waals surface area contributed by atoms with Crippen molar-refractivity contribution in [3.63, 3.8) is 0 Å². The Morgan fingerprint density at radius 2 is 2.35 bits per heavy atom. The molecule has 0 aliphatic heterocycles. The van der Waals surface area contributed by atoms with Crippen molar-refractivity contribution in [1.82, 2.24) is 24.7 Å². The number of aromatic amines is 1. The summed E-state index contributed by atoms with van der Waals surface area (Å²) < 4.78 is 27.6. The molecule has 0 bridgehead atoms. The van der Waals surface area contributed by atoms with Gasteiger partial charge in [0.1, 0.15) is 10.7 Å². The summed E-state index contributed by atoms with van der Waals surface area (Å²) in [6, 6.07) is 1.77. The molecule has 17 heavy (non-hydrogen) atoms. The molecule has 8 nitrogen and oxygen atoms in total. The van der Waals surface area contributed by atoms with E-state index in [9.17, 15) is 8.42 Å². The number of nitrogens with zero attached hydrogens (tertiary/aromatic N) is 3. The number of rotatable bonds is 5. The van der Waals surface area contributed by atoms with Crippen LogP contribution in [-0.2, 0) is 16.6 Å². The van der Waals surface area contributed by atoms with Crippen molar-refractivity contribution in [2.75, 3.05) is 12.3 Å². The van der Waals surface area contributed by atoms with E-state index in [1.165, 1.54) is 6.20 Å². The summed E-state index contributed by atoms with van der Waals surface area (Å²) >= 11 is 0. The molecule has 0 unspecified atom stereocenters. The summed E-state index contributed by atoms with van der Waals surface area (Å²) in [7, 11) is -3.61. The maximum absolute atomic E-state index is 11.8. The summed E-state index contributed by atoms with van der Waals surface area (Å²) in [6.45, 7) is 0.679. The largest absolute Gasteiger partial charge is 0.383 e. The molecule has 9 heteroatoms. The average Bonchev–Trinajstić information content (AvgIpc) is 2.88. The summed E-state index contributed by atoms with van der Waals surface area (Å²) in [6.07, 6.45) is 4.55. The van der Waals surface area contributed by atoms with Crippen LogP contribution in [0.5, 0.6) is 0 Å². The van der Waals surface area contributed by atoms with Gasteiger partial charge in [0.05, 0.1) is 12.7 Å². The highest BCUT2D eigenvalue weighted by molar-refractivity contribution is 7.89. The molecular weight excluding hydrogens is 244 g/mol. The molecule has 0 aromatic carbocycles. The molecule has 0 amide bonds. The summed E-state index contributed by atoms with van der Waals surface area (Å²) in [5, 5.41) is 9.88. The third-order valence-electron chi connectivity index (χ3n) is 2.11. The van der Waals surface area contributed by atoms with E-state index in [1.807, 2.05) is 0 Å². The Bertz CT molecular complexity index is 573. The number of H-pyrrole nitrogens is 1. The molecule has 0 saturated heterocycles. The first-order valence-corrected chi connectivity index (χ1v) is 6.34. The third kappa shape index (κ3) is 2.63. The highest BCUT2D eigenvalue weighted by Gasteiger charge is 2.18. The SMILES string of the molecule is Nc1[nH]ncc1S(=O)(=O)NCCn1cccn1. The van der Waals surface area contributed by atoms with Crippen LogP contribution in [0.1, 0.15) is 0 Å². The Hall–Kier alpha value is -1.87. The molecule has 0 atom stereocenters. The van der Waals surface area contributed by atoms with Gasteiger partial charge in [-0.3, -0.25) is 9.78 Å². The molecule has 0 aliphatic carbocycles. The lowest BCUT2D eigenvalue weighted by atomic mass is 10.6. The second-order valence-electron chi connectivity index (χ2n) is 3.31. The number of hydrogen-bond acceptors (Lipinski definition) is 5. The van der Waals surface area contributed by atoms with Crippen molar-refractivity contribution < 1.29 is 8.42 Å². The predicted molar refractivity (Wildman–Crippen MR) is 60.4 cm³/mol. The number of nitrogens with two attached hydrogens (primary N) is 1. The van der Waals surface area contributed by atoms with Crippen LogP contribution in [0.2, 0.25) is 0 Å². The lowest BCUT2D eigenvalue weighted by Gasteiger charge is -2.05. The minimum Gasteiger partial charge on any atom is -0.383 e. The molecule has 2 aromatic heterocycles. The van der Waals surface area contributed by atoms with Crippen LogP contribution >= 0.6 is 0 Å². The van der Waals surface area contributed by atoms with Crippen LogP contribution in [0.25, 0.3) is 0 Å². The smallest absolute Gasteiger partial charge is 0.245 e. The molecule has 2 heterocycles. The van der Waals surface area contributed by atoms with Gasteiger partial charge < -0.3 is 5.73 Å². The van der Waals surface area contributed by atoms with Gasteiger partial charge in [0, 0.05) is 18.9 Å². The van der Waals surface area contributed by atoms with E-state index in [0.29, 0.717) is 6.54 Å². The zero-order valence-electron chi connectivity index (χ0n) is 8.87. The maximum Gasteiger partial charge on any atom is 0.245 e. The maximum atomic E-state index is 11.8. The van der Waals surface area contributed by atoms with E-state index in [1.54, 1.807) is 23.1 Å². The third-order valence-corrected chi connectivity index (χ3v) is 3.60. The normalized spacial score (nSPS) is 11.8. The fourth-order valence-corrected chi connectivity index (χ4v) is 2.35. The topological polar surface area (TPSA) is 119 Å². The molecule has 0 spiro atoms. The van der Waals surface area contributed by atoms with E-state index in [0.717, 1.165) is 0 Å². The Labute approximate surface area is 97.9 Å². The van der Waals surface area contributed by atoms with Crippen LogP contribution in [0.3, 0.4) is 0 Å². The number of sulfonamides is 1.